The maximum absolute atomic E-state index is 13.0. The van der Waals surface area contributed by atoms with Crippen LogP contribution in [0.1, 0.15) is 45.4 Å². The fourth-order valence-corrected chi connectivity index (χ4v) is 5.53. The van der Waals surface area contributed by atoms with Crippen molar-refractivity contribution in [3.05, 3.63) is 35.9 Å². The molecule has 1 heterocycles. The number of rotatable bonds is 8. The van der Waals surface area contributed by atoms with Crippen LogP contribution in [0.2, 0.25) is 0 Å². The molecule has 162 valence electrons. The Bertz CT molecular complexity index is 890. The van der Waals surface area contributed by atoms with Gasteiger partial charge in [0.1, 0.15) is 18.2 Å². The summed E-state index contributed by atoms with van der Waals surface area (Å²) < 4.78 is 19.9. The second-order valence-electron chi connectivity index (χ2n) is 8.41. The molecule has 1 amide bonds. The predicted octanol–water partition coefficient (Wildman–Crippen LogP) is 3.13. The molecule has 9 heteroatoms. The monoisotopic (exact) mass is 433 g/mol. The minimum Gasteiger partial charge on any atom is -0.486 e. The van der Waals surface area contributed by atoms with Gasteiger partial charge in [-0.25, -0.2) is 9.07 Å². The fraction of sp³-hybridized carbons (Fsp3) is 0.571. The number of nitrogen functional groups attached to an aromatic ring is 1. The zero-order chi connectivity index (χ0) is 21.3. The van der Waals surface area contributed by atoms with Crippen LogP contribution in [0.15, 0.2) is 29.4 Å². The molecule has 7 nitrogen and oxygen atoms in total. The predicted molar refractivity (Wildman–Crippen MR) is 113 cm³/mol. The Balaban J connectivity index is 1.29. The number of nitrogens with one attached hydrogen (secondary N) is 1. The molecule has 5 unspecified atom stereocenters. The first-order valence-corrected chi connectivity index (χ1v) is 11.3. The number of carbonyl (C=O) groups excluding carboxylic acids is 1. The third kappa shape index (κ3) is 4.55. The van der Waals surface area contributed by atoms with E-state index in [9.17, 15) is 9.18 Å². The molecule has 2 saturated carbocycles. The summed E-state index contributed by atoms with van der Waals surface area (Å²) in [5, 5.41) is 11.4. The summed E-state index contributed by atoms with van der Waals surface area (Å²) in [4.78, 5) is 12.7. The van der Waals surface area contributed by atoms with Crippen LogP contribution in [0.25, 0.3) is 0 Å². The third-order valence-corrected chi connectivity index (χ3v) is 7.43. The molecule has 0 spiro atoms. The standard InChI is InChI=1S/C21H28FN5O2S/c1-12(18-10-14-3-4-15(18)9-14)24-20(28)13(2)30-21-26-25-19(27(21)23)11-29-17-7-5-16(22)6-8-17/h5-8,12-15,18H,3-4,9-11,23H2,1-2H3,(H,24,28). The first-order chi connectivity index (χ1) is 14.4. The van der Waals surface area contributed by atoms with Gasteiger partial charge in [-0.15, -0.1) is 10.2 Å². The Morgan fingerprint density at radius 3 is 2.73 bits per heavy atom. The van der Waals surface area contributed by atoms with Crippen molar-refractivity contribution in [2.24, 2.45) is 17.8 Å². The van der Waals surface area contributed by atoms with Crippen molar-refractivity contribution in [3.63, 3.8) is 0 Å². The third-order valence-electron chi connectivity index (χ3n) is 6.37. The molecule has 4 rings (SSSR count). The van der Waals surface area contributed by atoms with Gasteiger partial charge in [-0.2, -0.15) is 0 Å². The first-order valence-electron chi connectivity index (χ1n) is 10.5. The summed E-state index contributed by atoms with van der Waals surface area (Å²) in [6, 6.07) is 5.90. The number of halogens is 1. The largest absolute Gasteiger partial charge is 0.486 e. The second kappa shape index (κ2) is 8.83. The average Bonchev–Trinajstić information content (AvgIpc) is 3.45. The Morgan fingerprint density at radius 1 is 1.30 bits per heavy atom. The van der Waals surface area contributed by atoms with Gasteiger partial charge in [-0.1, -0.05) is 18.2 Å². The van der Waals surface area contributed by atoms with Crippen LogP contribution in [0.3, 0.4) is 0 Å². The number of hydrogen-bond acceptors (Lipinski definition) is 6. The lowest BCUT2D eigenvalue weighted by molar-refractivity contribution is -0.121. The smallest absolute Gasteiger partial charge is 0.233 e. The summed E-state index contributed by atoms with van der Waals surface area (Å²) in [7, 11) is 0. The molecule has 1 aromatic carbocycles. The number of hydrogen-bond donors (Lipinski definition) is 2. The van der Waals surface area contributed by atoms with Crippen LogP contribution in [-0.4, -0.2) is 32.1 Å². The van der Waals surface area contributed by atoms with E-state index in [1.54, 1.807) is 0 Å². The molecular weight excluding hydrogens is 405 g/mol. The van der Waals surface area contributed by atoms with E-state index in [0.717, 1.165) is 11.8 Å². The lowest BCUT2D eigenvalue weighted by Crippen LogP contribution is -2.43. The second-order valence-corrected chi connectivity index (χ2v) is 9.72. The number of thioether (sulfide) groups is 1. The summed E-state index contributed by atoms with van der Waals surface area (Å²) in [6.07, 6.45) is 5.22. The number of fused-ring (bicyclic) bond motifs is 2. The van der Waals surface area contributed by atoms with Crippen LogP contribution < -0.4 is 15.9 Å². The lowest BCUT2D eigenvalue weighted by Gasteiger charge is -2.29. The molecule has 2 fully saturated rings. The zero-order valence-corrected chi connectivity index (χ0v) is 18.1. The molecule has 2 aliphatic carbocycles. The molecule has 2 aliphatic rings. The summed E-state index contributed by atoms with van der Waals surface area (Å²) in [6.45, 7) is 4.06. The minimum atomic E-state index is -0.344. The summed E-state index contributed by atoms with van der Waals surface area (Å²) >= 11 is 1.27. The van der Waals surface area contributed by atoms with Crippen molar-refractivity contribution in [2.45, 2.75) is 62.6 Å². The van der Waals surface area contributed by atoms with Crippen molar-refractivity contribution in [1.29, 1.82) is 0 Å². The van der Waals surface area contributed by atoms with Crippen LogP contribution >= 0.6 is 11.8 Å². The molecule has 2 bridgehead atoms. The number of aromatic nitrogens is 3. The van der Waals surface area contributed by atoms with Crippen LogP contribution in [0, 0.1) is 23.6 Å². The number of nitrogens with two attached hydrogens (primary N) is 1. The van der Waals surface area contributed by atoms with Gasteiger partial charge in [0.05, 0.1) is 5.25 Å². The van der Waals surface area contributed by atoms with E-state index >= 15 is 0 Å². The highest BCUT2D eigenvalue weighted by Gasteiger charge is 2.42. The molecular formula is C21H28FN5O2S. The highest BCUT2D eigenvalue weighted by molar-refractivity contribution is 8.00. The van der Waals surface area contributed by atoms with Gasteiger partial charge in [0.25, 0.3) is 0 Å². The fourth-order valence-electron chi connectivity index (χ4n) is 4.73. The van der Waals surface area contributed by atoms with Crippen molar-refractivity contribution in [1.82, 2.24) is 20.2 Å². The van der Waals surface area contributed by atoms with Gasteiger partial charge in [0.15, 0.2) is 5.82 Å². The Morgan fingerprint density at radius 2 is 2.07 bits per heavy atom. The molecule has 5 atom stereocenters. The van der Waals surface area contributed by atoms with Gasteiger partial charge in [-0.05, 0) is 75.1 Å². The normalized spacial score (nSPS) is 24.6. The van der Waals surface area contributed by atoms with Gasteiger partial charge < -0.3 is 15.9 Å². The molecule has 3 N–H and O–H groups in total. The summed E-state index contributed by atoms with van der Waals surface area (Å²) in [5.41, 5.74) is 0. The summed E-state index contributed by atoms with van der Waals surface area (Å²) in [5.74, 6) is 8.89. The van der Waals surface area contributed by atoms with Gasteiger partial charge in [-0.3, -0.25) is 4.79 Å². The van der Waals surface area contributed by atoms with Crippen molar-refractivity contribution in [3.8, 4) is 5.75 Å². The molecule has 0 aliphatic heterocycles. The molecule has 0 saturated heterocycles. The first kappa shape index (κ1) is 21.0. The van der Waals surface area contributed by atoms with E-state index in [0.29, 0.717) is 22.6 Å². The van der Waals surface area contributed by atoms with Crippen LogP contribution in [-0.2, 0) is 11.4 Å². The van der Waals surface area contributed by atoms with E-state index < -0.39 is 0 Å². The Hall–Kier alpha value is -2.29. The molecule has 2 aromatic rings. The van der Waals surface area contributed by atoms with E-state index in [2.05, 4.69) is 22.4 Å². The zero-order valence-electron chi connectivity index (χ0n) is 17.3. The number of amides is 1. The van der Waals surface area contributed by atoms with Crippen LogP contribution in [0.5, 0.6) is 5.75 Å². The highest BCUT2D eigenvalue weighted by Crippen LogP contribution is 2.49. The molecule has 0 radical (unpaired) electrons. The van der Waals surface area contributed by atoms with E-state index in [1.165, 1.54) is 66.4 Å². The topological polar surface area (TPSA) is 95.1 Å². The maximum atomic E-state index is 13.0. The molecule has 1 aromatic heterocycles. The van der Waals surface area contributed by atoms with E-state index in [-0.39, 0.29) is 29.6 Å². The number of nitrogens with zero attached hydrogens (tertiary/aromatic N) is 3. The number of ether oxygens (including phenoxy) is 1. The highest BCUT2D eigenvalue weighted by atomic mass is 32.2. The number of benzene rings is 1. The molecule has 30 heavy (non-hydrogen) atoms. The van der Waals surface area contributed by atoms with Crippen LogP contribution in [0.4, 0.5) is 4.39 Å². The Kier molecular flexibility index (Phi) is 6.17. The van der Waals surface area contributed by atoms with Gasteiger partial charge in [0.2, 0.25) is 11.1 Å². The SMILES string of the molecule is CC(Sc1nnc(COc2ccc(F)cc2)n1N)C(=O)NC(C)C1CC2CCC1C2. The van der Waals surface area contributed by atoms with Crippen molar-refractivity contribution in [2.75, 3.05) is 5.84 Å². The quantitative estimate of drug-likeness (QED) is 0.491. The lowest BCUT2D eigenvalue weighted by atomic mass is 9.84. The van der Waals surface area contributed by atoms with E-state index in [4.69, 9.17) is 10.6 Å². The number of carbonyl (C=O) groups is 1. The minimum absolute atomic E-state index is 0.0117. The average molecular weight is 434 g/mol. The van der Waals surface area contributed by atoms with Crippen molar-refractivity contribution < 1.29 is 13.9 Å². The Labute approximate surface area is 179 Å². The van der Waals surface area contributed by atoms with E-state index in [1.807, 2.05) is 6.92 Å². The van der Waals surface area contributed by atoms with Gasteiger partial charge >= 0.3 is 0 Å². The van der Waals surface area contributed by atoms with Gasteiger partial charge in [0, 0.05) is 6.04 Å². The maximum Gasteiger partial charge on any atom is 0.233 e. The van der Waals surface area contributed by atoms with Crippen molar-refractivity contribution >= 4 is 17.7 Å².